The summed E-state index contributed by atoms with van der Waals surface area (Å²) in [5.74, 6) is 0.331. The van der Waals surface area contributed by atoms with E-state index in [2.05, 4.69) is 4.98 Å². The highest BCUT2D eigenvalue weighted by atomic mass is 16.6. The fourth-order valence-corrected chi connectivity index (χ4v) is 2.24. The van der Waals surface area contributed by atoms with Crippen molar-refractivity contribution in [2.75, 3.05) is 0 Å². The molecule has 0 radical (unpaired) electrons. The zero-order valence-corrected chi connectivity index (χ0v) is 9.54. The largest absolute Gasteiger partial charge is 0.389 e. The number of rotatable bonds is 2. The summed E-state index contributed by atoms with van der Waals surface area (Å²) in [6.07, 6.45) is 5.45. The highest BCUT2D eigenvalue weighted by molar-refractivity contribution is 5.73. The Kier molecular flexibility index (Phi) is 3.19. The summed E-state index contributed by atoms with van der Waals surface area (Å²) < 4.78 is 0. The molecule has 1 aliphatic carbocycles. The molecule has 0 amide bonds. The van der Waals surface area contributed by atoms with Gasteiger partial charge in [0.25, 0.3) is 5.69 Å². The average Bonchev–Trinajstić information content (AvgIpc) is 2.27. The molecule has 0 unspecified atom stereocenters. The topological polar surface area (TPSA) is 76.3 Å². The van der Waals surface area contributed by atoms with Crippen LogP contribution in [0.5, 0.6) is 0 Å². The van der Waals surface area contributed by atoms with Crippen LogP contribution in [0.25, 0.3) is 5.57 Å². The monoisotopic (exact) mass is 234 g/mol. The van der Waals surface area contributed by atoms with Crippen molar-refractivity contribution in [3.8, 4) is 0 Å². The van der Waals surface area contributed by atoms with Gasteiger partial charge >= 0.3 is 0 Å². The Hall–Kier alpha value is -1.75. The van der Waals surface area contributed by atoms with Gasteiger partial charge in [-0.2, -0.15) is 0 Å². The SMILES string of the molecule is C[C@H]1CC(c2ccncc2[N+](=O)[O-])=C[C@H](O)C1. The molecule has 0 aromatic carbocycles. The first-order chi connectivity index (χ1) is 8.08. The lowest BCUT2D eigenvalue weighted by Gasteiger charge is -2.22. The first-order valence-electron chi connectivity index (χ1n) is 5.55. The molecule has 5 nitrogen and oxygen atoms in total. The molecule has 0 aliphatic heterocycles. The number of aliphatic hydroxyl groups is 1. The highest BCUT2D eigenvalue weighted by Gasteiger charge is 2.23. The predicted molar refractivity (Wildman–Crippen MR) is 63.3 cm³/mol. The molecule has 1 aliphatic rings. The summed E-state index contributed by atoms with van der Waals surface area (Å²) in [5.41, 5.74) is 1.40. The Balaban J connectivity index is 2.43. The van der Waals surface area contributed by atoms with Crippen molar-refractivity contribution in [3.63, 3.8) is 0 Å². The van der Waals surface area contributed by atoms with Crippen molar-refractivity contribution in [2.45, 2.75) is 25.9 Å². The molecule has 0 saturated carbocycles. The number of allylic oxidation sites excluding steroid dienone is 1. The van der Waals surface area contributed by atoms with Crippen LogP contribution in [0.15, 0.2) is 24.5 Å². The van der Waals surface area contributed by atoms with E-state index >= 15 is 0 Å². The van der Waals surface area contributed by atoms with E-state index in [1.807, 2.05) is 6.92 Å². The van der Waals surface area contributed by atoms with Crippen LogP contribution in [-0.2, 0) is 0 Å². The molecule has 1 N–H and O–H groups in total. The Morgan fingerprint density at radius 2 is 2.35 bits per heavy atom. The van der Waals surface area contributed by atoms with Crippen LogP contribution < -0.4 is 0 Å². The Labute approximate surface area is 99.0 Å². The summed E-state index contributed by atoms with van der Waals surface area (Å²) >= 11 is 0. The lowest BCUT2D eigenvalue weighted by molar-refractivity contribution is -0.385. The fourth-order valence-electron chi connectivity index (χ4n) is 2.24. The van der Waals surface area contributed by atoms with Crippen LogP contribution in [0.1, 0.15) is 25.3 Å². The zero-order chi connectivity index (χ0) is 12.4. The molecule has 17 heavy (non-hydrogen) atoms. The summed E-state index contributed by atoms with van der Waals surface area (Å²) in [4.78, 5) is 14.2. The van der Waals surface area contributed by atoms with Gasteiger partial charge in [-0.25, -0.2) is 0 Å². The molecule has 1 aromatic heterocycles. The van der Waals surface area contributed by atoms with Gasteiger partial charge in [-0.05, 0) is 30.4 Å². The highest BCUT2D eigenvalue weighted by Crippen LogP contribution is 2.34. The Bertz CT molecular complexity index is 471. The van der Waals surface area contributed by atoms with Gasteiger partial charge in [-0.3, -0.25) is 15.1 Å². The molecule has 2 atom stereocenters. The standard InChI is InChI=1S/C12H14N2O3/c1-8-4-9(6-10(15)5-8)11-2-3-13-7-12(11)14(16)17/h2-3,6-8,10,15H,4-5H2,1H3/t8-,10+/m0/s1. The van der Waals surface area contributed by atoms with Gasteiger partial charge in [0.2, 0.25) is 0 Å². The van der Waals surface area contributed by atoms with Crippen molar-refractivity contribution >= 4 is 11.3 Å². The van der Waals surface area contributed by atoms with Crippen LogP contribution in [0.4, 0.5) is 5.69 Å². The number of hydrogen-bond acceptors (Lipinski definition) is 4. The number of aliphatic hydroxyl groups excluding tert-OH is 1. The van der Waals surface area contributed by atoms with Gasteiger partial charge in [0, 0.05) is 6.20 Å². The lowest BCUT2D eigenvalue weighted by atomic mass is 9.85. The number of hydrogen-bond donors (Lipinski definition) is 1. The molecule has 0 bridgehead atoms. The van der Waals surface area contributed by atoms with E-state index in [0.717, 1.165) is 12.0 Å². The van der Waals surface area contributed by atoms with Crippen molar-refractivity contribution in [1.29, 1.82) is 0 Å². The molecule has 90 valence electrons. The second-order valence-corrected chi connectivity index (χ2v) is 4.45. The van der Waals surface area contributed by atoms with Gasteiger partial charge in [-0.1, -0.05) is 13.0 Å². The number of nitrogens with zero attached hydrogens (tertiary/aromatic N) is 2. The lowest BCUT2D eigenvalue weighted by Crippen LogP contribution is -2.16. The van der Waals surface area contributed by atoms with E-state index in [4.69, 9.17) is 0 Å². The van der Waals surface area contributed by atoms with Gasteiger partial charge in [0.15, 0.2) is 0 Å². The third-order valence-electron chi connectivity index (χ3n) is 2.95. The molecular formula is C12H14N2O3. The Morgan fingerprint density at radius 3 is 3.00 bits per heavy atom. The summed E-state index contributed by atoms with van der Waals surface area (Å²) in [6, 6.07) is 1.63. The van der Waals surface area contributed by atoms with Crippen molar-refractivity contribution < 1.29 is 10.0 Å². The van der Waals surface area contributed by atoms with Crippen LogP contribution >= 0.6 is 0 Å². The molecule has 0 fully saturated rings. The van der Waals surface area contributed by atoms with E-state index in [9.17, 15) is 15.2 Å². The van der Waals surface area contributed by atoms with Crippen LogP contribution in [0.2, 0.25) is 0 Å². The maximum absolute atomic E-state index is 10.9. The second-order valence-electron chi connectivity index (χ2n) is 4.45. The van der Waals surface area contributed by atoms with Gasteiger partial charge in [0.05, 0.1) is 16.6 Å². The van der Waals surface area contributed by atoms with Crippen molar-refractivity contribution in [1.82, 2.24) is 4.98 Å². The van der Waals surface area contributed by atoms with Crippen LogP contribution in [-0.4, -0.2) is 21.1 Å². The number of aromatic nitrogens is 1. The van der Waals surface area contributed by atoms with E-state index in [0.29, 0.717) is 17.9 Å². The van der Waals surface area contributed by atoms with Crippen LogP contribution in [0.3, 0.4) is 0 Å². The van der Waals surface area contributed by atoms with E-state index < -0.39 is 11.0 Å². The molecule has 0 saturated heterocycles. The quantitative estimate of drug-likeness (QED) is 0.628. The predicted octanol–water partition coefficient (Wildman–Crippen LogP) is 2.16. The van der Waals surface area contributed by atoms with Gasteiger partial charge < -0.3 is 5.11 Å². The molecular weight excluding hydrogens is 220 g/mol. The first kappa shape index (κ1) is 11.7. The smallest absolute Gasteiger partial charge is 0.294 e. The summed E-state index contributed by atoms with van der Waals surface area (Å²) in [6.45, 7) is 2.03. The first-order valence-corrected chi connectivity index (χ1v) is 5.55. The third-order valence-corrected chi connectivity index (χ3v) is 2.95. The Morgan fingerprint density at radius 1 is 1.59 bits per heavy atom. The number of nitro groups is 1. The molecule has 5 heteroatoms. The zero-order valence-electron chi connectivity index (χ0n) is 9.54. The number of pyridine rings is 1. The maximum atomic E-state index is 10.9. The van der Waals surface area contributed by atoms with E-state index in [-0.39, 0.29) is 5.69 Å². The van der Waals surface area contributed by atoms with Gasteiger partial charge in [0.1, 0.15) is 6.20 Å². The minimum atomic E-state index is -0.512. The van der Waals surface area contributed by atoms with E-state index in [1.165, 1.54) is 12.4 Å². The fraction of sp³-hybridized carbons (Fsp3) is 0.417. The average molecular weight is 234 g/mol. The third kappa shape index (κ3) is 2.50. The van der Waals surface area contributed by atoms with Crippen molar-refractivity contribution in [3.05, 3.63) is 40.2 Å². The summed E-state index contributed by atoms with van der Waals surface area (Å²) in [5, 5.41) is 20.6. The summed E-state index contributed by atoms with van der Waals surface area (Å²) in [7, 11) is 0. The molecule has 2 rings (SSSR count). The minimum Gasteiger partial charge on any atom is -0.389 e. The molecule has 1 heterocycles. The van der Waals surface area contributed by atoms with Crippen molar-refractivity contribution in [2.24, 2.45) is 5.92 Å². The molecule has 1 aromatic rings. The molecule has 0 spiro atoms. The van der Waals surface area contributed by atoms with E-state index in [1.54, 1.807) is 12.1 Å². The second kappa shape index (κ2) is 4.63. The van der Waals surface area contributed by atoms with Gasteiger partial charge in [-0.15, -0.1) is 0 Å². The minimum absolute atomic E-state index is 0.0000463. The normalized spacial score (nSPS) is 24.2. The maximum Gasteiger partial charge on any atom is 0.294 e. The van der Waals surface area contributed by atoms with Crippen LogP contribution in [0, 0.1) is 16.0 Å².